The van der Waals surface area contributed by atoms with Crippen molar-refractivity contribution >= 4 is 14.5 Å². The molecule has 2 atom stereocenters. The zero-order valence-corrected chi connectivity index (χ0v) is 17.8. The van der Waals surface area contributed by atoms with Gasteiger partial charge in [-0.15, -0.1) is 0 Å². The Morgan fingerprint density at radius 2 is 2.03 bits per heavy atom. The molecule has 1 aliphatic rings. The smallest absolute Gasteiger partial charge is 0.385 e. The molecule has 0 amide bonds. The van der Waals surface area contributed by atoms with Crippen LogP contribution in [0.2, 0.25) is 0 Å². The number of rotatable bonds is 10. The highest BCUT2D eigenvalue weighted by atomic mass is 31.2. The minimum atomic E-state index is -1.65. The summed E-state index contributed by atoms with van der Waals surface area (Å²) in [6.45, 7) is 6.16. The largest absolute Gasteiger partial charge is 0.465 e. The van der Waals surface area contributed by atoms with Gasteiger partial charge in [0.25, 0.3) is 0 Å². The van der Waals surface area contributed by atoms with Gasteiger partial charge in [-0.3, -0.25) is 14.9 Å². The number of allylic oxidation sites excluding steroid dienone is 4. The Morgan fingerprint density at radius 1 is 1.31 bits per heavy atom. The van der Waals surface area contributed by atoms with Gasteiger partial charge in [0.05, 0.1) is 11.5 Å². The lowest BCUT2D eigenvalue weighted by molar-refractivity contribution is -0.427. The van der Waals surface area contributed by atoms with Gasteiger partial charge in [-0.1, -0.05) is 25.1 Å². The lowest BCUT2D eigenvalue weighted by Gasteiger charge is -2.29. The molecule has 1 saturated heterocycles. The highest BCUT2D eigenvalue weighted by Crippen LogP contribution is 2.49. The molecule has 2 unspecified atom stereocenters. The second kappa shape index (κ2) is 11.5. The third kappa shape index (κ3) is 6.84. The van der Waals surface area contributed by atoms with E-state index in [4.69, 9.17) is 13.8 Å². The van der Waals surface area contributed by atoms with E-state index in [2.05, 4.69) is 0 Å². The molecule has 0 saturated carbocycles. The van der Waals surface area contributed by atoms with Crippen LogP contribution in [0.25, 0.3) is 0 Å². The predicted octanol–water partition coefficient (Wildman–Crippen LogP) is 4.81. The number of hydrogen-bond donors (Lipinski definition) is 0. The Bertz CT molecular complexity index is 753. The molecule has 1 aliphatic heterocycles. The molecule has 0 bridgehead atoms. The molecule has 0 radical (unpaired) electrons. The summed E-state index contributed by atoms with van der Waals surface area (Å²) in [5, 5.41) is 11.0. The zero-order chi connectivity index (χ0) is 21.2. The van der Waals surface area contributed by atoms with Gasteiger partial charge in [-0.25, -0.2) is 4.67 Å². The van der Waals surface area contributed by atoms with Crippen LogP contribution in [-0.2, 0) is 14.1 Å². The SMILES string of the molecule is CCOC(=O)C1CCCN1P(O/C(C)=C/C=C(\CC)[N+](=O)[O-])Oc1ccccc1. The molecule has 0 spiro atoms. The van der Waals surface area contributed by atoms with Gasteiger partial charge in [0.1, 0.15) is 17.6 Å². The maximum atomic E-state index is 12.4. The van der Waals surface area contributed by atoms with Gasteiger partial charge in [0.15, 0.2) is 0 Å². The fraction of sp³-hybridized carbons (Fsp3) is 0.450. The van der Waals surface area contributed by atoms with Crippen molar-refractivity contribution in [3.8, 4) is 5.75 Å². The monoisotopic (exact) mass is 422 g/mol. The fourth-order valence-corrected chi connectivity index (χ4v) is 4.39. The van der Waals surface area contributed by atoms with Gasteiger partial charge in [0.2, 0.25) is 5.70 Å². The summed E-state index contributed by atoms with van der Waals surface area (Å²) in [6, 6.07) is 8.78. The first-order valence-electron chi connectivity index (χ1n) is 9.62. The normalized spacial score (nSPS) is 18.9. The number of esters is 1. The van der Waals surface area contributed by atoms with E-state index in [1.165, 1.54) is 6.08 Å². The fourth-order valence-electron chi connectivity index (χ4n) is 2.79. The molecular weight excluding hydrogens is 395 g/mol. The summed E-state index contributed by atoms with van der Waals surface area (Å²) in [4.78, 5) is 22.9. The van der Waals surface area contributed by atoms with Crippen molar-refractivity contribution in [3.05, 3.63) is 64.1 Å². The Morgan fingerprint density at radius 3 is 2.66 bits per heavy atom. The number of nitrogens with zero attached hydrogens (tertiary/aromatic N) is 2. The lowest BCUT2D eigenvalue weighted by Crippen LogP contribution is -2.35. The van der Waals surface area contributed by atoms with E-state index in [1.54, 1.807) is 26.8 Å². The topological polar surface area (TPSA) is 91.1 Å². The van der Waals surface area contributed by atoms with E-state index in [9.17, 15) is 14.9 Å². The summed E-state index contributed by atoms with van der Waals surface area (Å²) >= 11 is 0. The van der Waals surface area contributed by atoms with Gasteiger partial charge >= 0.3 is 14.5 Å². The number of nitro groups is 1. The highest BCUT2D eigenvalue weighted by Gasteiger charge is 2.40. The van der Waals surface area contributed by atoms with E-state index in [0.29, 0.717) is 37.5 Å². The van der Waals surface area contributed by atoms with Crippen molar-refractivity contribution in [1.29, 1.82) is 0 Å². The molecule has 2 rings (SSSR count). The van der Waals surface area contributed by atoms with E-state index in [-0.39, 0.29) is 11.7 Å². The molecule has 29 heavy (non-hydrogen) atoms. The van der Waals surface area contributed by atoms with Crippen LogP contribution < -0.4 is 4.52 Å². The standard InChI is InChI=1S/C20H27N2O6P/c1-4-17(22(24)25)14-13-16(3)27-29(28-18-10-7-6-8-11-18)21-15-9-12-19(21)20(23)26-5-2/h6-8,10-11,13-14,19H,4-5,9,12,15H2,1-3H3/b16-13+,17-14+. The molecule has 0 aliphatic carbocycles. The summed E-state index contributed by atoms with van der Waals surface area (Å²) in [6.07, 6.45) is 4.79. The summed E-state index contributed by atoms with van der Waals surface area (Å²) in [5.41, 5.74) is 0.0897. The summed E-state index contributed by atoms with van der Waals surface area (Å²) in [7, 11) is -1.65. The number of benzene rings is 1. The average Bonchev–Trinajstić information content (AvgIpc) is 3.18. The van der Waals surface area contributed by atoms with E-state index in [0.717, 1.165) is 6.42 Å². The first kappa shape index (κ1) is 22.8. The molecule has 1 aromatic carbocycles. The van der Waals surface area contributed by atoms with Crippen molar-refractivity contribution in [2.24, 2.45) is 0 Å². The second-order valence-electron chi connectivity index (χ2n) is 6.35. The molecule has 1 aromatic rings. The van der Waals surface area contributed by atoms with Crippen LogP contribution in [0.15, 0.2) is 53.9 Å². The van der Waals surface area contributed by atoms with Crippen LogP contribution in [0.1, 0.15) is 40.0 Å². The number of para-hydroxylation sites is 1. The maximum Gasteiger partial charge on any atom is 0.385 e. The first-order chi connectivity index (χ1) is 14.0. The van der Waals surface area contributed by atoms with Crippen molar-refractivity contribution in [1.82, 2.24) is 4.67 Å². The van der Waals surface area contributed by atoms with E-state index < -0.39 is 19.5 Å². The van der Waals surface area contributed by atoms with Gasteiger partial charge in [-0.2, -0.15) is 0 Å². The quantitative estimate of drug-likeness (QED) is 0.133. The molecule has 0 N–H and O–H groups in total. The lowest BCUT2D eigenvalue weighted by atomic mass is 10.2. The minimum Gasteiger partial charge on any atom is -0.465 e. The molecular formula is C20H27N2O6P. The van der Waals surface area contributed by atoms with Crippen LogP contribution in [0.5, 0.6) is 5.75 Å². The van der Waals surface area contributed by atoms with Crippen molar-refractivity contribution in [3.63, 3.8) is 0 Å². The van der Waals surface area contributed by atoms with Gasteiger partial charge in [0, 0.05) is 19.0 Å². The molecule has 158 valence electrons. The number of carbonyl (C=O) groups excluding carboxylic acids is 1. The number of hydrogen-bond acceptors (Lipinski definition) is 7. The van der Waals surface area contributed by atoms with Crippen molar-refractivity contribution in [2.45, 2.75) is 46.1 Å². The first-order valence-corrected chi connectivity index (χ1v) is 10.7. The van der Waals surface area contributed by atoms with Crippen LogP contribution in [0, 0.1) is 10.1 Å². The maximum absolute atomic E-state index is 12.4. The van der Waals surface area contributed by atoms with Crippen molar-refractivity contribution < 1.29 is 23.5 Å². The molecule has 1 heterocycles. The average molecular weight is 422 g/mol. The molecule has 9 heteroatoms. The Balaban J connectivity index is 2.23. The second-order valence-corrected chi connectivity index (χ2v) is 7.71. The van der Waals surface area contributed by atoms with Crippen LogP contribution in [-0.4, -0.2) is 34.8 Å². The van der Waals surface area contributed by atoms with Crippen LogP contribution in [0.4, 0.5) is 0 Å². The Hall–Kier alpha value is -2.44. The zero-order valence-electron chi connectivity index (χ0n) is 16.9. The Kier molecular flexibility index (Phi) is 9.09. The molecule has 8 nitrogen and oxygen atoms in total. The van der Waals surface area contributed by atoms with Crippen LogP contribution >= 0.6 is 8.53 Å². The summed E-state index contributed by atoms with van der Waals surface area (Å²) < 4.78 is 19.2. The highest BCUT2D eigenvalue weighted by molar-refractivity contribution is 7.45. The predicted molar refractivity (Wildman–Crippen MR) is 111 cm³/mol. The molecule has 0 aromatic heterocycles. The Labute approximate surface area is 172 Å². The molecule has 1 fully saturated rings. The van der Waals surface area contributed by atoms with Gasteiger partial charge in [-0.05, 0) is 44.9 Å². The van der Waals surface area contributed by atoms with E-state index >= 15 is 0 Å². The summed E-state index contributed by atoms with van der Waals surface area (Å²) in [5.74, 6) is 0.797. The number of carbonyl (C=O) groups is 1. The third-order valence-corrected chi connectivity index (χ3v) is 5.96. The third-order valence-electron chi connectivity index (χ3n) is 4.25. The van der Waals surface area contributed by atoms with Crippen LogP contribution in [0.3, 0.4) is 0 Å². The minimum absolute atomic E-state index is 0.0897. The van der Waals surface area contributed by atoms with Gasteiger partial charge < -0.3 is 13.8 Å². The number of ether oxygens (including phenoxy) is 1. The van der Waals surface area contributed by atoms with Crippen molar-refractivity contribution in [2.75, 3.05) is 13.2 Å². The van der Waals surface area contributed by atoms with E-state index in [1.807, 2.05) is 35.0 Å².